The van der Waals surface area contributed by atoms with Gasteiger partial charge in [0.25, 0.3) is 0 Å². The highest BCUT2D eigenvalue weighted by Crippen LogP contribution is 2.44. The molecule has 116 valence electrons. The molecule has 0 aliphatic rings. The van der Waals surface area contributed by atoms with Crippen molar-refractivity contribution < 1.29 is 19.9 Å². The zero-order chi connectivity index (χ0) is 16.4. The van der Waals surface area contributed by atoms with Crippen molar-refractivity contribution in [1.82, 2.24) is 0 Å². The van der Waals surface area contributed by atoms with Gasteiger partial charge in [0.1, 0.15) is 17.2 Å². The zero-order valence-electron chi connectivity index (χ0n) is 12.1. The van der Waals surface area contributed by atoms with Crippen molar-refractivity contribution in [3.63, 3.8) is 0 Å². The van der Waals surface area contributed by atoms with Gasteiger partial charge in [-0.1, -0.05) is 42.5 Å². The van der Waals surface area contributed by atoms with Gasteiger partial charge in [-0.25, -0.2) is 0 Å². The van der Waals surface area contributed by atoms with Gasteiger partial charge in [0, 0.05) is 22.0 Å². The molecule has 3 N–H and O–H groups in total. The Morgan fingerprint density at radius 1 is 0.565 bits per heavy atom. The summed E-state index contributed by atoms with van der Waals surface area (Å²) in [5.41, 5.74) is 0. The maximum Gasteiger partial charge on any atom is 0.171 e. The van der Waals surface area contributed by atoms with Crippen molar-refractivity contribution >= 4 is 23.1 Å². The second kappa shape index (κ2) is 5.82. The maximum absolute atomic E-state index is 13.9. The predicted molar refractivity (Wildman–Crippen MR) is 90.8 cm³/mol. The first-order chi connectivity index (χ1) is 11.0. The van der Waals surface area contributed by atoms with Crippen LogP contribution in [0, 0.1) is 0 Å². The Morgan fingerprint density at radius 2 is 1.13 bits per heavy atom. The second-order valence-electron chi connectivity index (χ2n) is 5.17. The summed E-state index contributed by atoms with van der Waals surface area (Å²) in [7, 11) is -3.34. The van der Waals surface area contributed by atoms with E-state index in [1.165, 1.54) is 30.3 Å². The topological polar surface area (TPSA) is 77.8 Å². The molecule has 0 saturated carbocycles. The number of phenolic OH excluding ortho intramolecular Hbond substituents is 3. The minimum absolute atomic E-state index is 0.00281. The molecule has 0 saturated heterocycles. The Balaban J connectivity index is 2.33. The molecule has 5 heteroatoms. The Morgan fingerprint density at radius 3 is 1.74 bits per heavy atom. The third kappa shape index (κ3) is 2.81. The molecule has 1 unspecified atom stereocenters. The van der Waals surface area contributed by atoms with Gasteiger partial charge in [-0.15, -0.1) is 0 Å². The van der Waals surface area contributed by atoms with E-state index in [9.17, 15) is 19.9 Å². The molecule has 0 fully saturated rings. The minimum atomic E-state index is -3.34. The summed E-state index contributed by atoms with van der Waals surface area (Å²) in [5, 5.41) is 30.6. The molecule has 0 aliphatic carbocycles. The molecule has 0 spiro atoms. The van der Waals surface area contributed by atoms with E-state index in [4.69, 9.17) is 0 Å². The standard InChI is InChI=1S/C18H15O4P/c19-13-5-4-8-17(10-13)23(22,16-6-2-1-3-7-16)18-11-14(20)9-15(21)12-18/h1-12,19-21H. The number of rotatable bonds is 3. The van der Waals surface area contributed by atoms with Crippen molar-refractivity contribution in [1.29, 1.82) is 0 Å². The van der Waals surface area contributed by atoms with Crippen LogP contribution in [0.5, 0.6) is 17.2 Å². The average molecular weight is 326 g/mol. The van der Waals surface area contributed by atoms with Crippen LogP contribution in [-0.2, 0) is 4.57 Å². The van der Waals surface area contributed by atoms with Gasteiger partial charge in [0.2, 0.25) is 0 Å². The van der Waals surface area contributed by atoms with Crippen LogP contribution in [0.4, 0.5) is 0 Å². The van der Waals surface area contributed by atoms with Crippen molar-refractivity contribution in [2.24, 2.45) is 0 Å². The fraction of sp³-hybridized carbons (Fsp3) is 0. The largest absolute Gasteiger partial charge is 0.508 e. The number of aromatic hydroxyl groups is 3. The summed E-state index contributed by atoms with van der Waals surface area (Å²) >= 11 is 0. The van der Waals surface area contributed by atoms with Crippen LogP contribution in [0.15, 0.2) is 72.8 Å². The lowest BCUT2D eigenvalue weighted by Crippen LogP contribution is -2.24. The van der Waals surface area contributed by atoms with Crippen molar-refractivity contribution in [2.75, 3.05) is 0 Å². The number of phenols is 3. The zero-order valence-corrected chi connectivity index (χ0v) is 13.0. The molecule has 3 aromatic rings. The molecular formula is C18H15O4P. The van der Waals surface area contributed by atoms with Crippen LogP contribution >= 0.6 is 7.14 Å². The van der Waals surface area contributed by atoms with E-state index in [2.05, 4.69) is 0 Å². The van der Waals surface area contributed by atoms with Gasteiger partial charge in [0.05, 0.1) is 0 Å². The quantitative estimate of drug-likeness (QED) is 0.646. The van der Waals surface area contributed by atoms with E-state index in [1.54, 1.807) is 36.4 Å². The number of benzene rings is 3. The Bertz CT molecular complexity index is 870. The van der Waals surface area contributed by atoms with E-state index in [1.807, 2.05) is 6.07 Å². The smallest absolute Gasteiger partial charge is 0.171 e. The van der Waals surface area contributed by atoms with Crippen LogP contribution in [0.3, 0.4) is 0 Å². The third-order valence-electron chi connectivity index (χ3n) is 3.56. The SMILES string of the molecule is O=P(c1ccccc1)(c1cccc(O)c1)c1cc(O)cc(O)c1. The van der Waals surface area contributed by atoms with Gasteiger partial charge >= 0.3 is 0 Å². The van der Waals surface area contributed by atoms with Crippen LogP contribution in [0.25, 0.3) is 0 Å². The summed E-state index contributed by atoms with van der Waals surface area (Å²) in [6.07, 6.45) is 0. The lowest BCUT2D eigenvalue weighted by molar-refractivity contribution is 0.451. The molecule has 23 heavy (non-hydrogen) atoms. The minimum Gasteiger partial charge on any atom is -0.508 e. The predicted octanol–water partition coefficient (Wildman–Crippen LogP) is 2.44. The highest BCUT2D eigenvalue weighted by molar-refractivity contribution is 7.85. The summed E-state index contributed by atoms with van der Waals surface area (Å²) < 4.78 is 13.9. The first-order valence-electron chi connectivity index (χ1n) is 6.99. The Hall–Kier alpha value is -2.71. The fourth-order valence-corrected chi connectivity index (χ4v) is 5.26. The summed E-state index contributed by atoms with van der Waals surface area (Å²) in [4.78, 5) is 0. The molecule has 0 radical (unpaired) electrons. The van der Waals surface area contributed by atoms with E-state index in [0.717, 1.165) is 0 Å². The summed E-state index contributed by atoms with van der Waals surface area (Å²) in [6.45, 7) is 0. The van der Waals surface area contributed by atoms with Crippen molar-refractivity contribution in [3.05, 3.63) is 72.8 Å². The third-order valence-corrected chi connectivity index (χ3v) is 6.58. The lowest BCUT2D eigenvalue weighted by Gasteiger charge is -2.20. The molecule has 0 aromatic heterocycles. The molecule has 3 aromatic carbocycles. The van der Waals surface area contributed by atoms with Gasteiger partial charge < -0.3 is 19.9 Å². The van der Waals surface area contributed by atoms with E-state index < -0.39 is 7.14 Å². The summed E-state index contributed by atoms with van der Waals surface area (Å²) in [6, 6.07) is 19.0. The maximum atomic E-state index is 13.9. The molecule has 0 aliphatic heterocycles. The Labute approximate surface area is 133 Å². The fourth-order valence-electron chi connectivity index (χ4n) is 2.54. The van der Waals surface area contributed by atoms with Crippen LogP contribution in [0.2, 0.25) is 0 Å². The van der Waals surface area contributed by atoms with Crippen molar-refractivity contribution in [3.8, 4) is 17.2 Å². The molecule has 0 heterocycles. The van der Waals surface area contributed by atoms with E-state index in [-0.39, 0.29) is 17.2 Å². The van der Waals surface area contributed by atoms with Crippen LogP contribution in [-0.4, -0.2) is 15.3 Å². The monoisotopic (exact) mass is 326 g/mol. The molecule has 1 atom stereocenters. The first kappa shape index (κ1) is 15.2. The van der Waals surface area contributed by atoms with Crippen LogP contribution < -0.4 is 15.9 Å². The van der Waals surface area contributed by atoms with Gasteiger partial charge in [-0.05, 0) is 24.3 Å². The Kier molecular flexibility index (Phi) is 3.85. The van der Waals surface area contributed by atoms with Crippen molar-refractivity contribution in [2.45, 2.75) is 0 Å². The van der Waals surface area contributed by atoms with E-state index >= 15 is 0 Å². The molecule has 4 nitrogen and oxygen atoms in total. The first-order valence-corrected chi connectivity index (χ1v) is 8.70. The normalized spacial score (nSPS) is 13.4. The molecule has 0 bridgehead atoms. The van der Waals surface area contributed by atoms with Gasteiger partial charge in [-0.2, -0.15) is 0 Å². The lowest BCUT2D eigenvalue weighted by atomic mass is 10.3. The molecule has 0 amide bonds. The molecular weight excluding hydrogens is 311 g/mol. The number of hydrogen-bond donors (Lipinski definition) is 3. The van der Waals surface area contributed by atoms with Crippen LogP contribution in [0.1, 0.15) is 0 Å². The van der Waals surface area contributed by atoms with Gasteiger partial charge in [-0.3, -0.25) is 0 Å². The second-order valence-corrected chi connectivity index (χ2v) is 7.94. The highest BCUT2D eigenvalue weighted by Gasteiger charge is 2.30. The van der Waals surface area contributed by atoms with E-state index in [0.29, 0.717) is 15.9 Å². The highest BCUT2D eigenvalue weighted by atomic mass is 31.2. The molecule has 3 rings (SSSR count). The van der Waals surface area contributed by atoms with Gasteiger partial charge in [0.15, 0.2) is 7.14 Å². The average Bonchev–Trinajstić information content (AvgIpc) is 2.54. The number of hydrogen-bond acceptors (Lipinski definition) is 4. The summed E-state index contributed by atoms with van der Waals surface area (Å²) in [5.74, 6) is -0.337.